The third-order valence-corrected chi connectivity index (χ3v) is 0. The quantitative estimate of drug-likeness (QED) is 0.543. The van der Waals surface area contributed by atoms with Crippen LogP contribution in [0.2, 0.25) is 0 Å². The van der Waals surface area contributed by atoms with Gasteiger partial charge in [0.25, 0.3) is 0 Å². The minimum Gasteiger partial charge on any atom is -2.00 e. The number of hydrogen-bond donors (Lipinski definition) is 0. The normalized spacial score (nSPS) is 0. The Hall–Kier alpha value is 1.31. The van der Waals surface area contributed by atoms with Crippen molar-refractivity contribution in [1.82, 2.24) is 0 Å². The van der Waals surface area contributed by atoms with Crippen molar-refractivity contribution in [2.45, 2.75) is 0 Å². The van der Waals surface area contributed by atoms with E-state index in [9.17, 15) is 0 Å². The maximum atomic E-state index is 0. The van der Waals surface area contributed by atoms with E-state index in [1.165, 1.54) is 0 Å². The topological polar surface area (TPSA) is 57.0 Å². The van der Waals surface area contributed by atoms with Gasteiger partial charge in [0.05, 0.1) is 0 Å². The van der Waals surface area contributed by atoms with Gasteiger partial charge in [0.2, 0.25) is 0 Å². The van der Waals surface area contributed by atoms with Crippen LogP contribution in [0.1, 0.15) is 0 Å². The molecule has 0 N–H and O–H groups in total. The molecule has 0 radical (unpaired) electrons. The fourth-order valence-electron chi connectivity index (χ4n) is 0. The van der Waals surface area contributed by atoms with E-state index in [1.54, 1.807) is 0 Å². The Morgan fingerprint density at radius 3 is 0.750 bits per heavy atom. The minimum atomic E-state index is 0. The third-order valence-electron chi connectivity index (χ3n) is 0. The first-order valence-electron chi connectivity index (χ1n) is 0. The summed E-state index contributed by atoms with van der Waals surface area (Å²) in [6.45, 7) is 0. The summed E-state index contributed by atoms with van der Waals surface area (Å²) in [6, 6.07) is 0. The Labute approximate surface area is 53.8 Å². The van der Waals surface area contributed by atoms with Crippen molar-refractivity contribution >= 4 is 0 Å². The van der Waals surface area contributed by atoms with Crippen LogP contribution in [0.3, 0.4) is 0 Å². The van der Waals surface area contributed by atoms with Crippen molar-refractivity contribution in [3.8, 4) is 0 Å². The molecule has 0 aromatic heterocycles. The van der Waals surface area contributed by atoms with Crippen LogP contribution in [0.25, 0.3) is 0 Å². The summed E-state index contributed by atoms with van der Waals surface area (Å²) in [5, 5.41) is 0. The fourth-order valence-corrected chi connectivity index (χ4v) is 0. The van der Waals surface area contributed by atoms with E-state index in [0.29, 0.717) is 0 Å². The molecule has 0 aliphatic rings. The SMILES string of the molecule is [Fe].[Hf+4].[O-2].[O-2]. The van der Waals surface area contributed by atoms with E-state index in [4.69, 9.17) is 0 Å². The molecule has 4 heteroatoms. The molecule has 0 aromatic rings. The Balaban J connectivity index is 0. The van der Waals surface area contributed by atoms with Gasteiger partial charge in [-0.2, -0.15) is 0 Å². The average Bonchev–Trinajstić information content (AvgIpc) is 0. The molecule has 0 aliphatic heterocycles. The van der Waals surface area contributed by atoms with Crippen LogP contribution in [0.4, 0.5) is 0 Å². The molecule has 4 heavy (non-hydrogen) atoms. The summed E-state index contributed by atoms with van der Waals surface area (Å²) in [5.74, 6) is 0. The van der Waals surface area contributed by atoms with Crippen LogP contribution in [0.15, 0.2) is 0 Å². The Morgan fingerprint density at radius 2 is 0.750 bits per heavy atom. The predicted molar refractivity (Wildman–Crippen MR) is 1.37 cm³/mol. The Kier molecular flexibility index (Phi) is 396. The first kappa shape index (κ1) is 57.5. The predicted octanol–water partition coefficient (Wildman–Crippen LogP) is -0.243. The van der Waals surface area contributed by atoms with Crippen molar-refractivity contribution in [3.63, 3.8) is 0 Å². The average molecular weight is 266 g/mol. The fraction of sp³-hybridized carbons (Fsp3) is 0. The molecule has 0 atom stereocenters. The van der Waals surface area contributed by atoms with Gasteiger partial charge >= 0.3 is 25.8 Å². The molecule has 0 bridgehead atoms. The van der Waals surface area contributed by atoms with E-state index in [-0.39, 0.29) is 53.9 Å². The molecule has 0 unspecified atom stereocenters. The maximum Gasteiger partial charge on any atom is 4.00 e. The van der Waals surface area contributed by atoms with Crippen LogP contribution < -0.4 is 0 Å². The maximum absolute atomic E-state index is 0. The second-order valence-corrected chi connectivity index (χ2v) is 0. The van der Waals surface area contributed by atoms with Gasteiger partial charge < -0.3 is 11.0 Å². The zero-order valence-electron chi connectivity index (χ0n) is 1.67. The molecular formula is FeHfO2. The molecule has 0 heterocycles. The van der Waals surface area contributed by atoms with E-state index in [0.717, 1.165) is 0 Å². The zero-order chi connectivity index (χ0) is 0. The molecule has 2 nitrogen and oxygen atoms in total. The molecule has 0 saturated carbocycles. The number of hydrogen-bond acceptors (Lipinski definition) is 0. The zero-order valence-corrected chi connectivity index (χ0v) is 6.37. The Bertz CT molecular complexity index is 6.00. The van der Waals surface area contributed by atoms with Gasteiger partial charge in [0.15, 0.2) is 0 Å². The molecule has 24 valence electrons. The minimum absolute atomic E-state index is 0. The smallest absolute Gasteiger partial charge is 2.00 e. The van der Waals surface area contributed by atoms with E-state index < -0.39 is 0 Å². The van der Waals surface area contributed by atoms with Crippen molar-refractivity contribution in [2.75, 3.05) is 0 Å². The summed E-state index contributed by atoms with van der Waals surface area (Å²) >= 11 is 0. The second kappa shape index (κ2) is 27.5. The van der Waals surface area contributed by atoms with E-state index in [2.05, 4.69) is 0 Å². The van der Waals surface area contributed by atoms with Crippen LogP contribution in [-0.4, -0.2) is 0 Å². The molecule has 0 rings (SSSR count). The van der Waals surface area contributed by atoms with Gasteiger partial charge in [0, 0.05) is 17.1 Å². The molecular weight excluding hydrogens is 266 g/mol. The van der Waals surface area contributed by atoms with Crippen LogP contribution in [-0.2, 0) is 53.9 Å². The summed E-state index contributed by atoms with van der Waals surface area (Å²) in [4.78, 5) is 0. The van der Waals surface area contributed by atoms with Crippen molar-refractivity contribution in [2.24, 2.45) is 0 Å². The molecule has 0 spiro atoms. The first-order chi connectivity index (χ1) is 0. The monoisotopic (exact) mass is 268 g/mol. The van der Waals surface area contributed by atoms with Gasteiger partial charge in [0.1, 0.15) is 0 Å². The molecule has 0 fully saturated rings. The summed E-state index contributed by atoms with van der Waals surface area (Å²) in [6.07, 6.45) is 0. The summed E-state index contributed by atoms with van der Waals surface area (Å²) < 4.78 is 0. The van der Waals surface area contributed by atoms with Crippen LogP contribution >= 0.6 is 0 Å². The van der Waals surface area contributed by atoms with Gasteiger partial charge in [-0.3, -0.25) is 0 Å². The van der Waals surface area contributed by atoms with Crippen LogP contribution in [0.5, 0.6) is 0 Å². The van der Waals surface area contributed by atoms with Gasteiger partial charge in [-0.1, -0.05) is 0 Å². The van der Waals surface area contributed by atoms with Crippen LogP contribution in [0, 0.1) is 0 Å². The Morgan fingerprint density at radius 1 is 0.750 bits per heavy atom. The van der Waals surface area contributed by atoms with E-state index in [1.807, 2.05) is 0 Å². The summed E-state index contributed by atoms with van der Waals surface area (Å²) in [5.41, 5.74) is 0. The largest absolute Gasteiger partial charge is 4.00 e. The second-order valence-electron chi connectivity index (χ2n) is 0. The van der Waals surface area contributed by atoms with Gasteiger partial charge in [-0.05, 0) is 0 Å². The molecule has 0 saturated heterocycles. The van der Waals surface area contributed by atoms with E-state index >= 15 is 0 Å². The van der Waals surface area contributed by atoms with Crippen molar-refractivity contribution < 1.29 is 53.9 Å². The standard InChI is InChI=1S/Fe.Hf.2O/q;+4;2*-2. The summed E-state index contributed by atoms with van der Waals surface area (Å²) in [7, 11) is 0. The number of rotatable bonds is 0. The molecule has 0 amide bonds. The molecule has 0 aromatic carbocycles. The van der Waals surface area contributed by atoms with Gasteiger partial charge in [-0.25, -0.2) is 0 Å². The molecule has 0 aliphatic carbocycles. The van der Waals surface area contributed by atoms with Crippen molar-refractivity contribution in [3.05, 3.63) is 0 Å². The third kappa shape index (κ3) is 10.3. The van der Waals surface area contributed by atoms with Crippen molar-refractivity contribution in [1.29, 1.82) is 0 Å². The first-order valence-corrected chi connectivity index (χ1v) is 0. The van der Waals surface area contributed by atoms with Gasteiger partial charge in [-0.15, -0.1) is 0 Å².